The topological polar surface area (TPSA) is 53.4 Å². The summed E-state index contributed by atoms with van der Waals surface area (Å²) in [4.78, 5) is 18.7. The highest BCUT2D eigenvalue weighted by atomic mass is 32.1. The minimum Gasteiger partial charge on any atom is -0.390 e. The standard InChI is InChI=1S/C18H24N2O2S/c1-13(16-19-10-11-23-16)20(4)17(21)15-7-5-6-14(12-15)8-9-18(2,3)22/h5-7,10-13,22H,8-9H2,1-4H3. The van der Waals surface area contributed by atoms with E-state index in [4.69, 9.17) is 0 Å². The van der Waals surface area contributed by atoms with Crippen LogP contribution in [-0.4, -0.2) is 33.5 Å². The van der Waals surface area contributed by atoms with E-state index in [0.717, 1.165) is 17.0 Å². The van der Waals surface area contributed by atoms with Gasteiger partial charge in [-0.2, -0.15) is 0 Å². The van der Waals surface area contributed by atoms with E-state index < -0.39 is 5.60 Å². The van der Waals surface area contributed by atoms with Crippen LogP contribution < -0.4 is 0 Å². The van der Waals surface area contributed by atoms with Crippen LogP contribution in [0, 0.1) is 0 Å². The molecule has 2 aromatic rings. The van der Waals surface area contributed by atoms with E-state index in [1.54, 1.807) is 43.3 Å². The normalized spacial score (nSPS) is 12.9. The van der Waals surface area contributed by atoms with E-state index in [-0.39, 0.29) is 11.9 Å². The second-order valence-corrected chi connectivity index (χ2v) is 7.40. The Morgan fingerprint density at radius 2 is 2.17 bits per heavy atom. The first-order chi connectivity index (χ1) is 10.8. The second kappa shape index (κ2) is 7.23. The van der Waals surface area contributed by atoms with Crippen LogP contribution in [0.25, 0.3) is 0 Å². The molecule has 1 amide bonds. The van der Waals surface area contributed by atoms with Gasteiger partial charge in [-0.1, -0.05) is 12.1 Å². The van der Waals surface area contributed by atoms with Gasteiger partial charge in [0.2, 0.25) is 0 Å². The Labute approximate surface area is 141 Å². The maximum Gasteiger partial charge on any atom is 0.254 e. The second-order valence-electron chi connectivity index (χ2n) is 6.48. The highest BCUT2D eigenvalue weighted by molar-refractivity contribution is 7.09. The number of benzene rings is 1. The zero-order valence-corrected chi connectivity index (χ0v) is 14.9. The smallest absolute Gasteiger partial charge is 0.254 e. The predicted molar refractivity (Wildman–Crippen MR) is 93.7 cm³/mol. The van der Waals surface area contributed by atoms with Gasteiger partial charge in [-0.3, -0.25) is 4.79 Å². The number of nitrogens with zero attached hydrogens (tertiary/aromatic N) is 2. The molecule has 0 radical (unpaired) electrons. The van der Waals surface area contributed by atoms with Crippen molar-refractivity contribution < 1.29 is 9.90 Å². The number of aryl methyl sites for hydroxylation is 1. The molecule has 0 aliphatic heterocycles. The molecule has 23 heavy (non-hydrogen) atoms. The Morgan fingerprint density at radius 1 is 1.43 bits per heavy atom. The average Bonchev–Trinajstić information content (AvgIpc) is 3.05. The Hall–Kier alpha value is -1.72. The number of rotatable bonds is 6. The van der Waals surface area contributed by atoms with Crippen molar-refractivity contribution in [3.05, 3.63) is 52.0 Å². The molecular formula is C18H24N2O2S. The number of carbonyl (C=O) groups is 1. The van der Waals surface area contributed by atoms with Gasteiger partial charge in [0.05, 0.1) is 11.6 Å². The third-order valence-electron chi connectivity index (χ3n) is 3.91. The van der Waals surface area contributed by atoms with E-state index in [0.29, 0.717) is 12.0 Å². The van der Waals surface area contributed by atoms with Crippen LogP contribution in [-0.2, 0) is 6.42 Å². The van der Waals surface area contributed by atoms with E-state index >= 15 is 0 Å². The quantitative estimate of drug-likeness (QED) is 0.878. The Morgan fingerprint density at radius 3 is 2.78 bits per heavy atom. The minimum absolute atomic E-state index is 0.0159. The van der Waals surface area contributed by atoms with Crippen molar-refractivity contribution in [3.8, 4) is 0 Å². The summed E-state index contributed by atoms with van der Waals surface area (Å²) >= 11 is 1.55. The average molecular weight is 332 g/mol. The molecule has 1 N–H and O–H groups in total. The molecular weight excluding hydrogens is 308 g/mol. The van der Waals surface area contributed by atoms with Gasteiger partial charge in [-0.15, -0.1) is 11.3 Å². The third kappa shape index (κ3) is 4.88. The van der Waals surface area contributed by atoms with E-state index in [2.05, 4.69) is 4.98 Å². The van der Waals surface area contributed by atoms with Gasteiger partial charge in [0, 0.05) is 24.2 Å². The molecule has 1 unspecified atom stereocenters. The molecule has 0 saturated carbocycles. The molecule has 0 aliphatic carbocycles. The van der Waals surface area contributed by atoms with Crippen LogP contribution in [0.4, 0.5) is 0 Å². The van der Waals surface area contributed by atoms with Crippen molar-refractivity contribution in [1.29, 1.82) is 0 Å². The Bertz CT molecular complexity index is 647. The van der Waals surface area contributed by atoms with Crippen molar-refractivity contribution in [3.63, 3.8) is 0 Å². The van der Waals surface area contributed by atoms with Gasteiger partial charge in [0.15, 0.2) is 0 Å². The van der Waals surface area contributed by atoms with Gasteiger partial charge >= 0.3 is 0 Å². The molecule has 4 nitrogen and oxygen atoms in total. The van der Waals surface area contributed by atoms with Crippen LogP contribution in [0.1, 0.15) is 54.2 Å². The largest absolute Gasteiger partial charge is 0.390 e. The summed E-state index contributed by atoms with van der Waals surface area (Å²) in [6.45, 7) is 5.58. The molecule has 1 heterocycles. The Kier molecular flexibility index (Phi) is 5.55. The monoisotopic (exact) mass is 332 g/mol. The van der Waals surface area contributed by atoms with Crippen molar-refractivity contribution in [2.45, 2.75) is 45.3 Å². The number of thiazole rings is 1. The summed E-state index contributed by atoms with van der Waals surface area (Å²) in [5.41, 5.74) is 1.04. The highest BCUT2D eigenvalue weighted by Gasteiger charge is 2.21. The number of carbonyl (C=O) groups excluding carboxylic acids is 1. The minimum atomic E-state index is -0.698. The summed E-state index contributed by atoms with van der Waals surface area (Å²) in [6.07, 6.45) is 3.17. The zero-order chi connectivity index (χ0) is 17.0. The maximum absolute atomic E-state index is 12.7. The number of amides is 1. The van der Waals surface area contributed by atoms with Crippen LogP contribution in [0.2, 0.25) is 0 Å². The maximum atomic E-state index is 12.7. The molecule has 0 saturated heterocycles. The fraction of sp³-hybridized carbons (Fsp3) is 0.444. The Balaban J connectivity index is 2.10. The van der Waals surface area contributed by atoms with Gasteiger partial charge in [0.1, 0.15) is 5.01 Å². The van der Waals surface area contributed by atoms with Crippen LogP contribution >= 0.6 is 11.3 Å². The first-order valence-electron chi connectivity index (χ1n) is 7.76. The van der Waals surface area contributed by atoms with Crippen molar-refractivity contribution >= 4 is 17.2 Å². The number of hydrogen-bond acceptors (Lipinski definition) is 4. The van der Waals surface area contributed by atoms with Gasteiger partial charge in [0.25, 0.3) is 5.91 Å². The lowest BCUT2D eigenvalue weighted by atomic mass is 9.97. The van der Waals surface area contributed by atoms with E-state index in [1.165, 1.54) is 0 Å². The first kappa shape index (κ1) is 17.6. The fourth-order valence-electron chi connectivity index (χ4n) is 2.30. The lowest BCUT2D eigenvalue weighted by Gasteiger charge is -2.23. The SMILES string of the molecule is CC(c1nccs1)N(C)C(=O)c1cccc(CCC(C)(C)O)c1. The molecule has 5 heteroatoms. The molecule has 2 rings (SSSR count). The first-order valence-corrected chi connectivity index (χ1v) is 8.64. The molecule has 0 aliphatic rings. The molecule has 0 spiro atoms. The third-order valence-corrected chi connectivity index (χ3v) is 4.86. The van der Waals surface area contributed by atoms with Crippen LogP contribution in [0.3, 0.4) is 0 Å². The van der Waals surface area contributed by atoms with Crippen LogP contribution in [0.5, 0.6) is 0 Å². The van der Waals surface area contributed by atoms with Crippen molar-refractivity contribution in [2.75, 3.05) is 7.05 Å². The zero-order valence-electron chi connectivity index (χ0n) is 14.1. The van der Waals surface area contributed by atoms with Gasteiger partial charge in [-0.05, 0) is 51.3 Å². The fourth-order valence-corrected chi connectivity index (χ4v) is 3.03. The molecule has 0 fully saturated rings. The van der Waals surface area contributed by atoms with Crippen molar-refractivity contribution in [2.24, 2.45) is 0 Å². The van der Waals surface area contributed by atoms with E-state index in [1.807, 2.05) is 36.6 Å². The molecule has 1 aromatic carbocycles. The van der Waals surface area contributed by atoms with Crippen molar-refractivity contribution in [1.82, 2.24) is 9.88 Å². The van der Waals surface area contributed by atoms with Gasteiger partial charge < -0.3 is 10.0 Å². The molecule has 1 atom stereocenters. The summed E-state index contributed by atoms with van der Waals surface area (Å²) in [5.74, 6) is -0.0159. The lowest BCUT2D eigenvalue weighted by molar-refractivity contribution is 0.0714. The summed E-state index contributed by atoms with van der Waals surface area (Å²) in [7, 11) is 1.80. The number of aliphatic hydroxyl groups is 1. The highest BCUT2D eigenvalue weighted by Crippen LogP contribution is 2.23. The summed E-state index contributed by atoms with van der Waals surface area (Å²) < 4.78 is 0. The predicted octanol–water partition coefficient (Wildman–Crippen LogP) is 3.68. The molecule has 1 aromatic heterocycles. The summed E-state index contributed by atoms with van der Waals surface area (Å²) in [6, 6.07) is 7.59. The lowest BCUT2D eigenvalue weighted by Crippen LogP contribution is -2.29. The number of hydrogen-bond donors (Lipinski definition) is 1. The van der Waals surface area contributed by atoms with E-state index in [9.17, 15) is 9.90 Å². The summed E-state index contributed by atoms with van der Waals surface area (Å²) in [5, 5.41) is 12.7. The van der Waals surface area contributed by atoms with Gasteiger partial charge in [-0.25, -0.2) is 4.98 Å². The van der Waals surface area contributed by atoms with Crippen LogP contribution in [0.15, 0.2) is 35.8 Å². The molecule has 0 bridgehead atoms. The molecule has 124 valence electrons. The number of aromatic nitrogens is 1.